The highest BCUT2D eigenvalue weighted by atomic mass is 19.4. The molecule has 1 aromatic carbocycles. The molecule has 1 N–H and O–H groups in total. The molecule has 0 saturated heterocycles. The second kappa shape index (κ2) is 5.10. The summed E-state index contributed by atoms with van der Waals surface area (Å²) in [6, 6.07) is 0.625. The maximum atomic E-state index is 13.1. The van der Waals surface area contributed by atoms with Crippen molar-refractivity contribution >= 4 is 17.9 Å². The molecule has 110 valence electrons. The van der Waals surface area contributed by atoms with Crippen molar-refractivity contribution in [3.05, 3.63) is 29.1 Å². The van der Waals surface area contributed by atoms with Gasteiger partial charge in [0.25, 0.3) is 0 Å². The minimum Gasteiger partial charge on any atom is -0.318 e. The standard InChI is InChI=1S/C10H4F7NO2/c11-5-1-2-6(18-8(20)10(15,16)17)7(4(5)3-19)9(12,13)14/h1-3H,(H,18,20). The third kappa shape index (κ3) is 3.25. The van der Waals surface area contributed by atoms with E-state index >= 15 is 0 Å². The number of nitrogens with one attached hydrogen (secondary N) is 1. The molecule has 1 aromatic rings. The van der Waals surface area contributed by atoms with Gasteiger partial charge in [0.2, 0.25) is 0 Å². The van der Waals surface area contributed by atoms with E-state index < -0.39 is 47.2 Å². The molecule has 0 bridgehead atoms. The van der Waals surface area contributed by atoms with E-state index in [2.05, 4.69) is 0 Å². The van der Waals surface area contributed by atoms with Gasteiger partial charge in [-0.2, -0.15) is 26.3 Å². The van der Waals surface area contributed by atoms with Crippen LogP contribution in [0.5, 0.6) is 0 Å². The SMILES string of the molecule is O=Cc1c(F)ccc(NC(=O)C(F)(F)F)c1C(F)(F)F. The predicted octanol–water partition coefficient (Wildman–Crippen LogP) is 3.16. The Morgan fingerprint density at radius 3 is 2.05 bits per heavy atom. The number of hydrogen-bond donors (Lipinski definition) is 1. The van der Waals surface area contributed by atoms with Gasteiger partial charge in [0.15, 0.2) is 6.29 Å². The predicted molar refractivity (Wildman–Crippen MR) is 51.5 cm³/mol. The summed E-state index contributed by atoms with van der Waals surface area (Å²) >= 11 is 0. The summed E-state index contributed by atoms with van der Waals surface area (Å²) in [6.45, 7) is 0. The molecule has 0 radical (unpaired) electrons. The van der Waals surface area contributed by atoms with E-state index in [1.807, 2.05) is 0 Å². The Morgan fingerprint density at radius 2 is 1.65 bits per heavy atom. The number of halogens is 7. The van der Waals surface area contributed by atoms with Crippen molar-refractivity contribution in [3.8, 4) is 0 Å². The van der Waals surface area contributed by atoms with Gasteiger partial charge in [-0.15, -0.1) is 0 Å². The van der Waals surface area contributed by atoms with E-state index in [0.717, 1.165) is 5.32 Å². The highest BCUT2D eigenvalue weighted by Crippen LogP contribution is 2.38. The average molecular weight is 303 g/mol. The molecule has 0 spiro atoms. The number of aldehydes is 1. The van der Waals surface area contributed by atoms with Crippen molar-refractivity contribution in [1.82, 2.24) is 0 Å². The largest absolute Gasteiger partial charge is 0.471 e. The van der Waals surface area contributed by atoms with Crippen molar-refractivity contribution in [2.75, 3.05) is 5.32 Å². The number of benzene rings is 1. The van der Waals surface area contributed by atoms with Crippen molar-refractivity contribution < 1.29 is 40.3 Å². The normalized spacial score (nSPS) is 12.2. The van der Waals surface area contributed by atoms with Gasteiger partial charge < -0.3 is 5.32 Å². The van der Waals surface area contributed by atoms with Gasteiger partial charge in [0.05, 0.1) is 16.8 Å². The molecule has 0 aliphatic carbocycles. The number of anilines is 1. The molecule has 0 aromatic heterocycles. The molecule has 1 amide bonds. The van der Waals surface area contributed by atoms with E-state index in [0.29, 0.717) is 6.07 Å². The van der Waals surface area contributed by atoms with E-state index in [1.54, 1.807) is 0 Å². The molecule has 1 rings (SSSR count). The van der Waals surface area contributed by atoms with Crippen LogP contribution in [0, 0.1) is 5.82 Å². The Bertz CT molecular complexity index is 548. The number of rotatable bonds is 2. The lowest BCUT2D eigenvalue weighted by Gasteiger charge is -2.16. The zero-order chi connectivity index (χ0) is 15.7. The monoisotopic (exact) mass is 303 g/mol. The third-order valence-electron chi connectivity index (χ3n) is 2.10. The Morgan fingerprint density at radius 1 is 1.10 bits per heavy atom. The minimum atomic E-state index is -5.43. The number of carbonyl (C=O) groups is 2. The Kier molecular flexibility index (Phi) is 4.06. The second-order valence-corrected chi connectivity index (χ2v) is 3.45. The Hall–Kier alpha value is -2.13. The maximum absolute atomic E-state index is 13.1. The van der Waals surface area contributed by atoms with Crippen LogP contribution in [-0.2, 0) is 11.0 Å². The number of amides is 1. The molecule has 0 atom stereocenters. The van der Waals surface area contributed by atoms with Crippen molar-refractivity contribution in [2.24, 2.45) is 0 Å². The van der Waals surface area contributed by atoms with Crippen LogP contribution in [0.15, 0.2) is 12.1 Å². The fourth-order valence-corrected chi connectivity index (χ4v) is 1.31. The summed E-state index contributed by atoms with van der Waals surface area (Å²) in [7, 11) is 0. The van der Waals surface area contributed by atoms with Gasteiger partial charge in [0, 0.05) is 0 Å². The first-order valence-electron chi connectivity index (χ1n) is 4.71. The molecule has 0 fully saturated rings. The van der Waals surface area contributed by atoms with Crippen LogP contribution in [0.25, 0.3) is 0 Å². The molecule has 10 heteroatoms. The maximum Gasteiger partial charge on any atom is 0.471 e. The summed E-state index contributed by atoms with van der Waals surface area (Å²) in [6.07, 6.45) is -11.3. The smallest absolute Gasteiger partial charge is 0.318 e. The molecular weight excluding hydrogens is 299 g/mol. The van der Waals surface area contributed by atoms with Crippen LogP contribution in [0.2, 0.25) is 0 Å². The first kappa shape index (κ1) is 15.9. The summed E-state index contributed by atoms with van der Waals surface area (Å²) in [4.78, 5) is 21.1. The second-order valence-electron chi connectivity index (χ2n) is 3.45. The minimum absolute atomic E-state index is 0.287. The number of hydrogen-bond acceptors (Lipinski definition) is 2. The van der Waals surface area contributed by atoms with Crippen LogP contribution < -0.4 is 5.32 Å². The average Bonchev–Trinajstić information content (AvgIpc) is 2.28. The third-order valence-corrected chi connectivity index (χ3v) is 2.10. The Balaban J connectivity index is 3.41. The highest BCUT2D eigenvalue weighted by Gasteiger charge is 2.42. The summed E-state index contributed by atoms with van der Waals surface area (Å²) < 4.78 is 87.0. The number of alkyl halides is 6. The van der Waals surface area contributed by atoms with Gasteiger partial charge in [-0.05, 0) is 12.1 Å². The fraction of sp³-hybridized carbons (Fsp3) is 0.200. The quantitative estimate of drug-likeness (QED) is 0.674. The van der Waals surface area contributed by atoms with Gasteiger partial charge in [0.1, 0.15) is 5.82 Å². The molecule has 0 heterocycles. The van der Waals surface area contributed by atoms with Crippen LogP contribution in [0.3, 0.4) is 0 Å². The molecule has 20 heavy (non-hydrogen) atoms. The van der Waals surface area contributed by atoms with Gasteiger partial charge in [-0.1, -0.05) is 0 Å². The topological polar surface area (TPSA) is 46.2 Å². The lowest BCUT2D eigenvalue weighted by Crippen LogP contribution is -2.31. The van der Waals surface area contributed by atoms with Gasteiger partial charge >= 0.3 is 18.3 Å². The summed E-state index contributed by atoms with van der Waals surface area (Å²) in [5.74, 6) is -4.25. The lowest BCUT2D eigenvalue weighted by atomic mass is 10.0. The van der Waals surface area contributed by atoms with Gasteiger partial charge in [-0.25, -0.2) is 4.39 Å². The summed E-state index contributed by atoms with van der Waals surface area (Å²) in [5.41, 5.74) is -4.83. The summed E-state index contributed by atoms with van der Waals surface area (Å²) in [5, 5.41) is 0.949. The van der Waals surface area contributed by atoms with Crippen LogP contribution in [0.1, 0.15) is 15.9 Å². The van der Waals surface area contributed by atoms with E-state index in [9.17, 15) is 40.3 Å². The van der Waals surface area contributed by atoms with Crippen molar-refractivity contribution in [3.63, 3.8) is 0 Å². The highest BCUT2D eigenvalue weighted by molar-refractivity contribution is 5.97. The first-order chi connectivity index (χ1) is 8.98. The first-order valence-corrected chi connectivity index (χ1v) is 4.71. The van der Waals surface area contributed by atoms with E-state index in [1.165, 1.54) is 0 Å². The molecule has 0 unspecified atom stereocenters. The van der Waals surface area contributed by atoms with Crippen LogP contribution >= 0.6 is 0 Å². The van der Waals surface area contributed by atoms with Gasteiger partial charge in [-0.3, -0.25) is 9.59 Å². The molecule has 0 aliphatic rings. The lowest BCUT2D eigenvalue weighted by molar-refractivity contribution is -0.167. The van der Waals surface area contributed by atoms with E-state index in [-0.39, 0.29) is 6.07 Å². The zero-order valence-corrected chi connectivity index (χ0v) is 9.19. The van der Waals surface area contributed by atoms with Crippen LogP contribution in [0.4, 0.5) is 36.4 Å². The molecule has 3 nitrogen and oxygen atoms in total. The fourth-order valence-electron chi connectivity index (χ4n) is 1.31. The van der Waals surface area contributed by atoms with Crippen molar-refractivity contribution in [2.45, 2.75) is 12.4 Å². The Labute approximate surface area is 106 Å². The molecular formula is C10H4F7NO2. The molecule has 0 aliphatic heterocycles. The van der Waals surface area contributed by atoms with E-state index in [4.69, 9.17) is 0 Å². The van der Waals surface area contributed by atoms with Crippen molar-refractivity contribution in [1.29, 1.82) is 0 Å². The molecule has 0 saturated carbocycles. The number of carbonyl (C=O) groups excluding carboxylic acids is 2. The van der Waals surface area contributed by atoms with Crippen LogP contribution in [-0.4, -0.2) is 18.4 Å². The zero-order valence-electron chi connectivity index (χ0n) is 9.19.